The molecule has 1 aromatic rings. The lowest BCUT2D eigenvalue weighted by Crippen LogP contribution is -2.53. The summed E-state index contributed by atoms with van der Waals surface area (Å²) in [5.41, 5.74) is 0.780. The van der Waals surface area contributed by atoms with E-state index in [1.807, 2.05) is 0 Å². The van der Waals surface area contributed by atoms with Gasteiger partial charge < -0.3 is 10.2 Å². The normalized spacial score (nSPS) is 18.4. The molecule has 104 valence electrons. The van der Waals surface area contributed by atoms with Gasteiger partial charge in [0.05, 0.1) is 11.0 Å². The van der Waals surface area contributed by atoms with E-state index in [-0.39, 0.29) is 17.2 Å². The number of nitro benzene ring substituents is 1. The van der Waals surface area contributed by atoms with Crippen LogP contribution in [0, 0.1) is 28.4 Å². The van der Waals surface area contributed by atoms with E-state index in [2.05, 4.69) is 11.4 Å². The molecule has 0 aromatic heterocycles. The lowest BCUT2D eigenvalue weighted by molar-refractivity contribution is -0.384. The number of hydrogen-bond donors (Lipinski definition) is 1. The van der Waals surface area contributed by atoms with Crippen LogP contribution >= 0.6 is 0 Å². The molecular weight excluding hydrogens is 260 g/mol. The molecular formula is C13H14N4O3. The molecule has 1 fully saturated rings. The first-order valence-electron chi connectivity index (χ1n) is 6.20. The highest BCUT2D eigenvalue weighted by Gasteiger charge is 2.28. The van der Waals surface area contributed by atoms with Crippen LogP contribution in [-0.2, 0) is 0 Å². The summed E-state index contributed by atoms with van der Waals surface area (Å²) < 4.78 is 0. The third kappa shape index (κ3) is 2.75. The van der Waals surface area contributed by atoms with Crippen molar-refractivity contribution in [2.24, 2.45) is 0 Å². The van der Waals surface area contributed by atoms with Gasteiger partial charge in [0.1, 0.15) is 6.04 Å². The molecule has 7 heteroatoms. The Labute approximate surface area is 115 Å². The Morgan fingerprint density at radius 2 is 2.30 bits per heavy atom. The van der Waals surface area contributed by atoms with Crippen molar-refractivity contribution in [3.8, 4) is 6.07 Å². The van der Waals surface area contributed by atoms with E-state index >= 15 is 0 Å². The lowest BCUT2D eigenvalue weighted by atomic mass is 10.1. The number of non-ortho nitro benzene ring substituents is 1. The van der Waals surface area contributed by atoms with Crippen LogP contribution in [0.3, 0.4) is 0 Å². The molecule has 0 aliphatic carbocycles. The van der Waals surface area contributed by atoms with Gasteiger partial charge in [0.2, 0.25) is 0 Å². The van der Waals surface area contributed by atoms with Crippen molar-refractivity contribution in [1.29, 1.82) is 5.26 Å². The number of nitriles is 1. The maximum Gasteiger partial charge on any atom is 0.270 e. The number of carbonyl (C=O) groups excluding carboxylic acids is 1. The summed E-state index contributed by atoms with van der Waals surface area (Å²) in [6.07, 6.45) is 0. The number of nitro groups is 1. The summed E-state index contributed by atoms with van der Waals surface area (Å²) in [6.45, 7) is 3.14. The predicted octanol–water partition coefficient (Wildman–Crippen LogP) is 0.841. The molecule has 0 spiro atoms. The van der Waals surface area contributed by atoms with E-state index in [0.29, 0.717) is 25.2 Å². The molecule has 1 aliphatic rings. The molecule has 0 saturated carbocycles. The summed E-state index contributed by atoms with van der Waals surface area (Å²) in [5.74, 6) is -0.343. The lowest BCUT2D eigenvalue weighted by Gasteiger charge is -2.32. The van der Waals surface area contributed by atoms with Gasteiger partial charge in [0, 0.05) is 37.3 Å². The summed E-state index contributed by atoms with van der Waals surface area (Å²) in [5, 5.41) is 22.9. The molecule has 1 aliphatic heterocycles. The summed E-state index contributed by atoms with van der Waals surface area (Å²) in [6, 6.07) is 5.79. The number of amides is 1. The van der Waals surface area contributed by atoms with E-state index in [1.54, 1.807) is 13.0 Å². The Hall–Kier alpha value is -2.46. The van der Waals surface area contributed by atoms with Gasteiger partial charge >= 0.3 is 0 Å². The van der Waals surface area contributed by atoms with Crippen molar-refractivity contribution < 1.29 is 9.72 Å². The second-order valence-electron chi connectivity index (χ2n) is 4.66. The molecule has 2 rings (SSSR count). The second kappa shape index (κ2) is 5.67. The summed E-state index contributed by atoms with van der Waals surface area (Å²) >= 11 is 0. The number of carbonyl (C=O) groups is 1. The highest BCUT2D eigenvalue weighted by molar-refractivity contribution is 5.95. The Morgan fingerprint density at radius 3 is 2.95 bits per heavy atom. The first kappa shape index (κ1) is 14.0. The number of piperazine rings is 1. The molecule has 20 heavy (non-hydrogen) atoms. The number of benzene rings is 1. The highest BCUT2D eigenvalue weighted by Crippen LogP contribution is 2.19. The third-order valence-corrected chi connectivity index (χ3v) is 3.17. The van der Waals surface area contributed by atoms with Crippen molar-refractivity contribution in [2.75, 3.05) is 19.6 Å². The predicted molar refractivity (Wildman–Crippen MR) is 71.1 cm³/mol. The average Bonchev–Trinajstić information content (AvgIpc) is 2.45. The van der Waals surface area contributed by atoms with Crippen molar-refractivity contribution in [1.82, 2.24) is 10.2 Å². The van der Waals surface area contributed by atoms with Crippen LogP contribution in [0.2, 0.25) is 0 Å². The minimum Gasteiger partial charge on any atom is -0.320 e. The van der Waals surface area contributed by atoms with Gasteiger partial charge in [-0.1, -0.05) is 0 Å². The molecule has 0 bridgehead atoms. The number of hydrogen-bond acceptors (Lipinski definition) is 5. The van der Waals surface area contributed by atoms with Gasteiger partial charge in [-0.3, -0.25) is 14.9 Å². The molecule has 1 atom stereocenters. The maximum atomic E-state index is 12.4. The van der Waals surface area contributed by atoms with Crippen LogP contribution in [0.5, 0.6) is 0 Å². The highest BCUT2D eigenvalue weighted by atomic mass is 16.6. The van der Waals surface area contributed by atoms with E-state index in [9.17, 15) is 14.9 Å². The molecule has 1 saturated heterocycles. The van der Waals surface area contributed by atoms with Crippen molar-refractivity contribution >= 4 is 11.6 Å². The first-order valence-corrected chi connectivity index (χ1v) is 6.20. The zero-order chi connectivity index (χ0) is 14.7. The topological polar surface area (TPSA) is 99.3 Å². The van der Waals surface area contributed by atoms with Gasteiger partial charge in [-0.15, -0.1) is 0 Å². The molecule has 7 nitrogen and oxygen atoms in total. The fraction of sp³-hybridized carbons (Fsp3) is 0.385. The zero-order valence-corrected chi connectivity index (χ0v) is 11.0. The van der Waals surface area contributed by atoms with Gasteiger partial charge in [-0.05, 0) is 18.6 Å². The van der Waals surface area contributed by atoms with Gasteiger partial charge in [-0.25, -0.2) is 0 Å². The minimum absolute atomic E-state index is 0.114. The maximum absolute atomic E-state index is 12.4. The van der Waals surface area contributed by atoms with E-state index in [1.165, 1.54) is 17.0 Å². The average molecular weight is 274 g/mol. The SMILES string of the molecule is Cc1cc(C(=O)N2CCNCC2C#N)cc([N+](=O)[O-])c1. The van der Waals surface area contributed by atoms with Crippen molar-refractivity contribution in [3.63, 3.8) is 0 Å². The monoisotopic (exact) mass is 274 g/mol. The molecule has 1 aromatic carbocycles. The molecule has 0 radical (unpaired) electrons. The van der Waals surface area contributed by atoms with Crippen LogP contribution in [0.1, 0.15) is 15.9 Å². The van der Waals surface area contributed by atoms with Gasteiger partial charge in [0.25, 0.3) is 11.6 Å². The minimum atomic E-state index is -0.546. The number of nitrogens with zero attached hydrogens (tertiary/aromatic N) is 3. The molecule has 1 N–H and O–H groups in total. The van der Waals surface area contributed by atoms with Crippen LogP contribution < -0.4 is 5.32 Å². The fourth-order valence-corrected chi connectivity index (χ4v) is 2.22. The Balaban J connectivity index is 2.33. The van der Waals surface area contributed by atoms with Gasteiger partial charge in [0.15, 0.2) is 0 Å². The number of aryl methyl sites for hydroxylation is 1. The number of rotatable bonds is 2. The van der Waals surface area contributed by atoms with Crippen LogP contribution in [-0.4, -0.2) is 41.4 Å². The Kier molecular flexibility index (Phi) is 3.96. The van der Waals surface area contributed by atoms with Crippen LogP contribution in [0.4, 0.5) is 5.69 Å². The molecule has 1 unspecified atom stereocenters. The third-order valence-electron chi connectivity index (χ3n) is 3.17. The van der Waals surface area contributed by atoms with Crippen molar-refractivity contribution in [2.45, 2.75) is 13.0 Å². The summed E-state index contributed by atoms with van der Waals surface area (Å²) in [7, 11) is 0. The smallest absolute Gasteiger partial charge is 0.270 e. The fourth-order valence-electron chi connectivity index (χ4n) is 2.22. The summed E-state index contributed by atoms with van der Waals surface area (Å²) in [4.78, 5) is 24.2. The number of nitrogens with one attached hydrogen (secondary N) is 1. The molecule has 1 heterocycles. The largest absolute Gasteiger partial charge is 0.320 e. The van der Waals surface area contributed by atoms with Crippen LogP contribution in [0.25, 0.3) is 0 Å². The van der Waals surface area contributed by atoms with Crippen molar-refractivity contribution in [3.05, 3.63) is 39.4 Å². The standard InChI is InChI=1S/C13H14N4O3/c1-9-4-10(6-11(5-9)17(19)20)13(18)16-3-2-15-8-12(16)7-14/h4-6,12,15H,2-3,8H2,1H3. The Morgan fingerprint density at radius 1 is 1.55 bits per heavy atom. The van der Waals surface area contributed by atoms with E-state index < -0.39 is 11.0 Å². The van der Waals surface area contributed by atoms with E-state index in [4.69, 9.17) is 5.26 Å². The first-order chi connectivity index (χ1) is 9.52. The second-order valence-corrected chi connectivity index (χ2v) is 4.66. The Bertz CT molecular complexity index is 594. The van der Waals surface area contributed by atoms with Gasteiger partial charge in [-0.2, -0.15) is 5.26 Å². The van der Waals surface area contributed by atoms with Crippen LogP contribution in [0.15, 0.2) is 18.2 Å². The van der Waals surface area contributed by atoms with E-state index in [0.717, 1.165) is 0 Å². The zero-order valence-electron chi connectivity index (χ0n) is 11.0. The molecule has 1 amide bonds. The quantitative estimate of drug-likeness (QED) is 0.636.